The number of carbonyl (C=O) groups is 1. The number of rotatable bonds is 2. The fourth-order valence-electron chi connectivity index (χ4n) is 1.67. The number of carbonyl (C=O) groups excluding carboxylic acids is 1. The van der Waals surface area contributed by atoms with Crippen LogP contribution >= 0.6 is 0 Å². The Morgan fingerprint density at radius 3 is 2.68 bits per heavy atom. The molecule has 0 aliphatic heterocycles. The second-order valence-corrected chi connectivity index (χ2v) is 3.86. The normalized spacial score (nSPS) is 9.74. The molecule has 0 bridgehead atoms. The van der Waals surface area contributed by atoms with Crippen LogP contribution in [0.4, 0.5) is 10.1 Å². The SMILES string of the molecule is CN(C(=O)c1ccc(F)nc1)c1ccccc1C#N. The first-order valence-electron chi connectivity index (χ1n) is 5.52. The molecule has 0 saturated heterocycles. The minimum absolute atomic E-state index is 0.261. The number of benzene rings is 1. The maximum Gasteiger partial charge on any atom is 0.259 e. The van der Waals surface area contributed by atoms with Crippen LogP contribution in [0.1, 0.15) is 15.9 Å². The fraction of sp³-hybridized carbons (Fsp3) is 0.0714. The van der Waals surface area contributed by atoms with E-state index in [1.807, 2.05) is 6.07 Å². The number of aromatic nitrogens is 1. The third kappa shape index (κ3) is 2.58. The molecule has 0 saturated carbocycles. The second-order valence-electron chi connectivity index (χ2n) is 3.86. The molecule has 1 aromatic carbocycles. The van der Waals surface area contributed by atoms with E-state index in [0.29, 0.717) is 11.3 Å². The van der Waals surface area contributed by atoms with Crippen molar-refractivity contribution < 1.29 is 9.18 Å². The monoisotopic (exact) mass is 255 g/mol. The summed E-state index contributed by atoms with van der Waals surface area (Å²) in [6, 6.07) is 11.3. The average Bonchev–Trinajstić information content (AvgIpc) is 2.46. The summed E-state index contributed by atoms with van der Waals surface area (Å²) >= 11 is 0. The van der Waals surface area contributed by atoms with Crippen LogP contribution < -0.4 is 4.90 Å². The van der Waals surface area contributed by atoms with Crippen LogP contribution in [0.2, 0.25) is 0 Å². The van der Waals surface area contributed by atoms with Gasteiger partial charge in [0.25, 0.3) is 5.91 Å². The first kappa shape index (κ1) is 12.7. The van der Waals surface area contributed by atoms with Gasteiger partial charge in [0.15, 0.2) is 0 Å². The molecular formula is C14H10FN3O. The Kier molecular flexibility index (Phi) is 3.53. The van der Waals surface area contributed by atoms with E-state index in [2.05, 4.69) is 4.98 Å². The van der Waals surface area contributed by atoms with Gasteiger partial charge in [-0.1, -0.05) is 12.1 Å². The van der Waals surface area contributed by atoms with Crippen molar-refractivity contribution in [1.29, 1.82) is 5.26 Å². The van der Waals surface area contributed by atoms with Gasteiger partial charge in [-0.25, -0.2) is 4.98 Å². The van der Waals surface area contributed by atoms with Crippen molar-refractivity contribution in [3.05, 3.63) is 59.7 Å². The highest BCUT2D eigenvalue weighted by Gasteiger charge is 2.16. The predicted molar refractivity (Wildman–Crippen MR) is 68.1 cm³/mol. The average molecular weight is 255 g/mol. The molecule has 19 heavy (non-hydrogen) atoms. The molecule has 1 amide bonds. The molecule has 94 valence electrons. The Morgan fingerprint density at radius 1 is 1.32 bits per heavy atom. The highest BCUT2D eigenvalue weighted by atomic mass is 19.1. The molecule has 2 rings (SSSR count). The van der Waals surface area contributed by atoms with E-state index in [1.165, 1.54) is 17.2 Å². The van der Waals surface area contributed by atoms with E-state index in [9.17, 15) is 9.18 Å². The number of nitrogens with zero attached hydrogens (tertiary/aromatic N) is 3. The van der Waals surface area contributed by atoms with Crippen molar-refractivity contribution in [2.45, 2.75) is 0 Å². The first-order valence-corrected chi connectivity index (χ1v) is 5.52. The molecule has 4 nitrogen and oxygen atoms in total. The summed E-state index contributed by atoms with van der Waals surface area (Å²) in [6.45, 7) is 0. The Hall–Kier alpha value is -2.74. The van der Waals surface area contributed by atoms with E-state index in [0.717, 1.165) is 6.07 Å². The maximum absolute atomic E-state index is 12.7. The van der Waals surface area contributed by atoms with Crippen molar-refractivity contribution >= 4 is 11.6 Å². The summed E-state index contributed by atoms with van der Waals surface area (Å²) in [5.74, 6) is -0.994. The van der Waals surface area contributed by atoms with E-state index in [1.54, 1.807) is 31.3 Å². The summed E-state index contributed by atoms with van der Waals surface area (Å²) in [7, 11) is 1.56. The Balaban J connectivity index is 2.34. The summed E-state index contributed by atoms with van der Waals surface area (Å²) in [6.07, 6.45) is 1.17. The molecule has 0 aliphatic rings. The molecule has 5 heteroatoms. The van der Waals surface area contributed by atoms with Gasteiger partial charge in [-0.2, -0.15) is 9.65 Å². The maximum atomic E-state index is 12.7. The highest BCUT2D eigenvalue weighted by Crippen LogP contribution is 2.20. The summed E-state index contributed by atoms with van der Waals surface area (Å²) in [5.41, 5.74) is 1.16. The van der Waals surface area contributed by atoms with Crippen LogP contribution in [-0.2, 0) is 0 Å². The number of halogens is 1. The van der Waals surface area contributed by atoms with Gasteiger partial charge in [0.05, 0.1) is 16.8 Å². The topological polar surface area (TPSA) is 57.0 Å². The lowest BCUT2D eigenvalue weighted by Crippen LogP contribution is -2.27. The lowest BCUT2D eigenvalue weighted by Gasteiger charge is -2.18. The number of anilines is 1. The Bertz CT molecular complexity index is 646. The molecule has 1 heterocycles. The molecule has 0 fully saturated rings. The number of hydrogen-bond donors (Lipinski definition) is 0. The summed E-state index contributed by atoms with van der Waals surface area (Å²) < 4.78 is 12.7. The van der Waals surface area contributed by atoms with Gasteiger partial charge in [-0.3, -0.25) is 4.79 Å². The molecule has 0 spiro atoms. The number of pyridine rings is 1. The zero-order valence-electron chi connectivity index (χ0n) is 10.2. The fourth-order valence-corrected chi connectivity index (χ4v) is 1.67. The lowest BCUT2D eigenvalue weighted by atomic mass is 10.1. The van der Waals surface area contributed by atoms with Gasteiger partial charge in [-0.15, -0.1) is 0 Å². The van der Waals surface area contributed by atoms with E-state index in [-0.39, 0.29) is 11.5 Å². The quantitative estimate of drug-likeness (QED) is 0.774. The lowest BCUT2D eigenvalue weighted by molar-refractivity contribution is 0.0992. The molecule has 0 unspecified atom stereocenters. The molecule has 0 aliphatic carbocycles. The smallest absolute Gasteiger partial charge is 0.259 e. The molecular weight excluding hydrogens is 245 g/mol. The van der Waals surface area contributed by atoms with Crippen LogP contribution in [0, 0.1) is 17.3 Å². The number of hydrogen-bond acceptors (Lipinski definition) is 3. The number of nitriles is 1. The molecule has 0 N–H and O–H groups in total. The third-order valence-corrected chi connectivity index (χ3v) is 2.66. The second kappa shape index (κ2) is 5.27. The van der Waals surface area contributed by atoms with Gasteiger partial charge < -0.3 is 4.90 Å². The van der Waals surface area contributed by atoms with Crippen LogP contribution in [0.3, 0.4) is 0 Å². The third-order valence-electron chi connectivity index (χ3n) is 2.66. The van der Waals surface area contributed by atoms with E-state index >= 15 is 0 Å². The van der Waals surface area contributed by atoms with Crippen molar-refractivity contribution in [1.82, 2.24) is 4.98 Å². The highest BCUT2D eigenvalue weighted by molar-refractivity contribution is 6.06. The van der Waals surface area contributed by atoms with E-state index < -0.39 is 5.95 Å². The minimum Gasteiger partial charge on any atom is -0.310 e. The van der Waals surface area contributed by atoms with Gasteiger partial charge >= 0.3 is 0 Å². The first-order chi connectivity index (χ1) is 9.13. The van der Waals surface area contributed by atoms with Crippen molar-refractivity contribution in [2.75, 3.05) is 11.9 Å². The van der Waals surface area contributed by atoms with Crippen molar-refractivity contribution in [3.8, 4) is 6.07 Å². The largest absolute Gasteiger partial charge is 0.310 e. The van der Waals surface area contributed by atoms with Crippen LogP contribution in [-0.4, -0.2) is 17.9 Å². The standard InChI is InChI=1S/C14H10FN3O/c1-18(12-5-3-2-4-10(12)8-16)14(19)11-6-7-13(15)17-9-11/h2-7,9H,1H3. The summed E-state index contributed by atoms with van der Waals surface area (Å²) in [5, 5.41) is 9.01. The molecule has 2 aromatic rings. The number of para-hydroxylation sites is 1. The van der Waals surface area contributed by atoms with Crippen molar-refractivity contribution in [3.63, 3.8) is 0 Å². The van der Waals surface area contributed by atoms with Crippen molar-refractivity contribution in [2.24, 2.45) is 0 Å². The molecule has 0 radical (unpaired) electrons. The van der Waals surface area contributed by atoms with Crippen LogP contribution in [0.5, 0.6) is 0 Å². The number of amides is 1. The van der Waals surface area contributed by atoms with Crippen LogP contribution in [0.25, 0.3) is 0 Å². The zero-order chi connectivity index (χ0) is 13.8. The molecule has 1 aromatic heterocycles. The van der Waals surface area contributed by atoms with Crippen LogP contribution in [0.15, 0.2) is 42.6 Å². The predicted octanol–water partition coefficient (Wildman–Crippen LogP) is 2.37. The Morgan fingerprint density at radius 2 is 2.05 bits per heavy atom. The van der Waals surface area contributed by atoms with Gasteiger partial charge in [0, 0.05) is 13.2 Å². The van der Waals surface area contributed by atoms with Gasteiger partial charge in [0.2, 0.25) is 5.95 Å². The zero-order valence-corrected chi connectivity index (χ0v) is 10.2. The minimum atomic E-state index is -0.642. The van der Waals surface area contributed by atoms with E-state index in [4.69, 9.17) is 5.26 Å². The Labute approximate surface area is 109 Å². The molecule has 0 atom stereocenters. The van der Waals surface area contributed by atoms with Gasteiger partial charge in [0.1, 0.15) is 6.07 Å². The van der Waals surface area contributed by atoms with Gasteiger partial charge in [-0.05, 0) is 24.3 Å². The summed E-state index contributed by atoms with van der Waals surface area (Å²) in [4.78, 5) is 17.0.